The molecule has 42 heavy (non-hydrogen) atoms. The predicted molar refractivity (Wildman–Crippen MR) is 155 cm³/mol. The number of carbonyl (C=O) groups excluding carboxylic acids is 1. The lowest BCUT2D eigenvalue weighted by Crippen LogP contribution is -2.31. The monoisotopic (exact) mass is 616 g/mol. The minimum atomic E-state index is -4.74. The van der Waals surface area contributed by atoms with E-state index in [0.717, 1.165) is 39.4 Å². The van der Waals surface area contributed by atoms with Crippen molar-refractivity contribution < 1.29 is 26.4 Å². The van der Waals surface area contributed by atoms with Gasteiger partial charge >= 0.3 is 6.18 Å². The molecule has 2 aromatic carbocycles. The van der Waals surface area contributed by atoms with Crippen LogP contribution in [0.3, 0.4) is 0 Å². The van der Waals surface area contributed by atoms with Crippen LogP contribution in [0, 0.1) is 27.7 Å². The molecule has 220 valence electrons. The normalized spacial score (nSPS) is 12.0. The highest BCUT2D eigenvalue weighted by atomic mass is 35.5. The first-order valence-electron chi connectivity index (χ1n) is 12.8. The lowest BCUT2D eigenvalue weighted by molar-refractivity contribution is -0.137. The molecule has 12 heteroatoms. The minimum absolute atomic E-state index is 0.000589. The van der Waals surface area contributed by atoms with Gasteiger partial charge in [0.2, 0.25) is 0 Å². The molecule has 0 aliphatic heterocycles. The van der Waals surface area contributed by atoms with Crippen LogP contribution in [-0.2, 0) is 29.3 Å². The number of nitrogens with one attached hydrogen (secondary N) is 1. The summed E-state index contributed by atoms with van der Waals surface area (Å²) in [6.45, 7) is 7.94. The highest BCUT2D eigenvalue weighted by Crippen LogP contribution is 2.31. The fourth-order valence-corrected chi connectivity index (χ4v) is 5.72. The number of carbonyl (C=O) groups is 1. The molecule has 1 N–H and O–H groups in total. The fourth-order valence-electron chi connectivity index (χ4n) is 4.16. The molecule has 2 heterocycles. The van der Waals surface area contributed by atoms with Crippen molar-refractivity contribution >= 4 is 33.2 Å². The van der Waals surface area contributed by atoms with Gasteiger partial charge in [-0.25, -0.2) is 18.4 Å². The van der Waals surface area contributed by atoms with Crippen LogP contribution in [0.2, 0.25) is 5.15 Å². The Kier molecular flexibility index (Phi) is 9.05. The number of halogens is 4. The molecule has 0 unspecified atom stereocenters. The van der Waals surface area contributed by atoms with E-state index < -0.39 is 38.4 Å². The Hall–Kier alpha value is -3.80. The average Bonchev–Trinajstić information content (AvgIpc) is 2.92. The Morgan fingerprint density at radius 3 is 1.95 bits per heavy atom. The molecule has 0 saturated carbocycles. The summed E-state index contributed by atoms with van der Waals surface area (Å²) >= 11 is 5.89. The molecule has 2 aromatic heterocycles. The maximum absolute atomic E-state index is 14.0. The van der Waals surface area contributed by atoms with Gasteiger partial charge in [-0.15, -0.1) is 0 Å². The number of hydrogen-bond acceptors (Lipinski definition) is 5. The van der Waals surface area contributed by atoms with Gasteiger partial charge in [0.05, 0.1) is 11.1 Å². The average molecular weight is 617 g/mol. The molecule has 0 atom stereocenters. The number of nitrogens with zero attached hydrogens (tertiary/aromatic N) is 3. The van der Waals surface area contributed by atoms with E-state index in [4.69, 9.17) is 11.6 Å². The Morgan fingerprint density at radius 2 is 1.43 bits per heavy atom. The third-order valence-electron chi connectivity index (χ3n) is 6.87. The van der Waals surface area contributed by atoms with Crippen LogP contribution in [-0.4, -0.2) is 28.6 Å². The van der Waals surface area contributed by atoms with E-state index in [9.17, 15) is 26.4 Å². The zero-order valence-electron chi connectivity index (χ0n) is 23.3. The van der Waals surface area contributed by atoms with Crippen molar-refractivity contribution in [2.24, 2.45) is 0 Å². The molecular weight excluding hydrogens is 589 g/mol. The Balaban J connectivity index is 1.67. The summed E-state index contributed by atoms with van der Waals surface area (Å²) in [4.78, 5) is 20.3. The van der Waals surface area contributed by atoms with Gasteiger partial charge in [0.25, 0.3) is 15.9 Å². The molecule has 0 spiro atoms. The van der Waals surface area contributed by atoms with E-state index in [1.54, 1.807) is 0 Å². The smallest absolute Gasteiger partial charge is 0.322 e. The van der Waals surface area contributed by atoms with Crippen LogP contribution < -0.4 is 5.32 Å². The van der Waals surface area contributed by atoms with Gasteiger partial charge in [-0.3, -0.25) is 4.79 Å². The van der Waals surface area contributed by atoms with Crippen molar-refractivity contribution in [2.45, 2.75) is 52.0 Å². The van der Waals surface area contributed by atoms with E-state index in [1.165, 1.54) is 16.6 Å². The third kappa shape index (κ3) is 7.15. The fraction of sp³-hybridized carbons (Fsp3) is 0.233. The molecule has 0 fully saturated rings. The number of aryl methyl sites for hydroxylation is 4. The van der Waals surface area contributed by atoms with Crippen molar-refractivity contribution in [1.29, 1.82) is 0 Å². The van der Waals surface area contributed by atoms with Crippen molar-refractivity contribution in [3.63, 3.8) is 0 Å². The van der Waals surface area contributed by atoms with Crippen LogP contribution >= 0.6 is 11.6 Å². The summed E-state index contributed by atoms with van der Waals surface area (Å²) in [5, 5.41) is 1.62. The maximum atomic E-state index is 14.0. The standard InChI is InChI=1S/C30H28ClF3N4O3S/c1-18-5-7-22(11-20(18)3)16-38(17-23-8-6-19(2)21(4)12-23)42(40,41)27-14-25(9-10-35-27)37-29(39)26-13-24(30(32,33)34)15-36-28(26)31/h5-15H,16-17H2,1-4H3,(H,35,37,39). The Morgan fingerprint density at radius 1 is 0.857 bits per heavy atom. The molecule has 1 amide bonds. The van der Waals surface area contributed by atoms with Crippen molar-refractivity contribution in [2.75, 3.05) is 5.32 Å². The summed E-state index contributed by atoms with van der Waals surface area (Å²) in [5.74, 6) is -0.990. The summed E-state index contributed by atoms with van der Waals surface area (Å²) in [6.07, 6.45) is -3.02. The van der Waals surface area contributed by atoms with Gasteiger partial charge in [0, 0.05) is 37.2 Å². The van der Waals surface area contributed by atoms with Gasteiger partial charge in [0.1, 0.15) is 5.15 Å². The number of rotatable bonds is 8. The van der Waals surface area contributed by atoms with Gasteiger partial charge in [-0.05, 0) is 73.2 Å². The van der Waals surface area contributed by atoms with E-state index in [1.807, 2.05) is 64.1 Å². The quantitative estimate of drug-likeness (QED) is 0.215. The van der Waals surface area contributed by atoms with Crippen LogP contribution in [0.1, 0.15) is 49.3 Å². The van der Waals surface area contributed by atoms with Gasteiger partial charge in [0.15, 0.2) is 5.03 Å². The first-order valence-corrected chi connectivity index (χ1v) is 14.6. The van der Waals surface area contributed by atoms with Crippen LogP contribution in [0.5, 0.6) is 0 Å². The zero-order valence-corrected chi connectivity index (χ0v) is 24.8. The van der Waals surface area contributed by atoms with E-state index in [2.05, 4.69) is 15.3 Å². The van der Waals surface area contributed by atoms with E-state index in [0.29, 0.717) is 12.3 Å². The minimum Gasteiger partial charge on any atom is -0.322 e. The molecule has 4 rings (SSSR count). The first kappa shape index (κ1) is 31.1. The number of benzene rings is 2. The second-order valence-electron chi connectivity index (χ2n) is 10.0. The summed E-state index contributed by atoms with van der Waals surface area (Å²) in [5.41, 5.74) is 4.07. The Bertz CT molecular complexity index is 1710. The summed E-state index contributed by atoms with van der Waals surface area (Å²) < 4.78 is 68.7. The summed E-state index contributed by atoms with van der Waals surface area (Å²) in [6, 6.07) is 14.5. The topological polar surface area (TPSA) is 92.3 Å². The van der Waals surface area contributed by atoms with Crippen LogP contribution in [0.15, 0.2) is 72.0 Å². The molecule has 4 aromatic rings. The number of aromatic nitrogens is 2. The number of amides is 1. The Labute approximate surface area is 247 Å². The lowest BCUT2D eigenvalue weighted by Gasteiger charge is -2.23. The van der Waals surface area contributed by atoms with Gasteiger partial charge < -0.3 is 5.32 Å². The molecule has 0 radical (unpaired) electrons. The number of anilines is 1. The second kappa shape index (κ2) is 12.2. The molecular formula is C30H28ClF3N4O3S. The van der Waals surface area contributed by atoms with E-state index >= 15 is 0 Å². The number of alkyl halides is 3. The van der Waals surface area contributed by atoms with Crippen LogP contribution in [0.25, 0.3) is 0 Å². The third-order valence-corrected chi connectivity index (χ3v) is 8.86. The first-order chi connectivity index (χ1) is 19.6. The molecule has 0 aliphatic rings. The van der Waals surface area contributed by atoms with Crippen LogP contribution in [0.4, 0.5) is 18.9 Å². The van der Waals surface area contributed by atoms with Gasteiger partial charge in [-0.1, -0.05) is 48.0 Å². The second-order valence-corrected chi connectivity index (χ2v) is 12.3. The van der Waals surface area contributed by atoms with Crippen molar-refractivity contribution in [3.05, 3.63) is 117 Å². The molecule has 0 saturated heterocycles. The highest BCUT2D eigenvalue weighted by Gasteiger charge is 2.33. The zero-order chi connectivity index (χ0) is 30.8. The van der Waals surface area contributed by atoms with Crippen molar-refractivity contribution in [1.82, 2.24) is 14.3 Å². The van der Waals surface area contributed by atoms with E-state index in [-0.39, 0.29) is 23.8 Å². The molecule has 0 bridgehead atoms. The van der Waals surface area contributed by atoms with Crippen molar-refractivity contribution in [3.8, 4) is 0 Å². The molecule has 0 aliphatic carbocycles. The lowest BCUT2D eigenvalue weighted by atomic mass is 10.1. The maximum Gasteiger partial charge on any atom is 0.417 e. The van der Waals surface area contributed by atoms with Gasteiger partial charge in [-0.2, -0.15) is 17.5 Å². The SMILES string of the molecule is Cc1ccc(CN(Cc2ccc(C)c(C)c2)S(=O)(=O)c2cc(NC(=O)c3cc(C(F)(F)F)cnc3Cl)ccn2)cc1C. The number of pyridine rings is 2. The number of hydrogen-bond donors (Lipinski definition) is 1. The summed E-state index contributed by atoms with van der Waals surface area (Å²) in [7, 11) is -4.22. The highest BCUT2D eigenvalue weighted by molar-refractivity contribution is 7.89. The number of sulfonamides is 1. The predicted octanol–water partition coefficient (Wildman–Crippen LogP) is 7.03. The largest absolute Gasteiger partial charge is 0.417 e. The molecule has 7 nitrogen and oxygen atoms in total.